The molecule has 6 heteroatoms. The molecule has 2 atom stereocenters. The molecule has 0 radical (unpaired) electrons. The van der Waals surface area contributed by atoms with Gasteiger partial charge in [-0.05, 0) is 6.42 Å². The molecule has 5 nitrogen and oxygen atoms in total. The molecule has 0 amide bonds. The van der Waals surface area contributed by atoms with Crippen LogP contribution < -0.4 is 5.32 Å². The van der Waals surface area contributed by atoms with Crippen LogP contribution in [-0.2, 0) is 11.2 Å². The summed E-state index contributed by atoms with van der Waals surface area (Å²) in [7, 11) is 1.69. The first-order valence-electron chi connectivity index (χ1n) is 6.50. The lowest BCUT2D eigenvalue weighted by Gasteiger charge is -2.21. The Morgan fingerprint density at radius 3 is 3.17 bits per heavy atom. The molecule has 0 aliphatic carbocycles. The molecular formula is C12H21N3O2S. The SMILES string of the molecule is CCCC(OC)c1noc(CC2CSCCN2)n1. The van der Waals surface area contributed by atoms with Crippen LogP contribution in [0.3, 0.4) is 0 Å². The molecule has 1 N–H and O–H groups in total. The highest BCUT2D eigenvalue weighted by Crippen LogP contribution is 2.19. The second-order valence-corrected chi connectivity index (χ2v) is 5.64. The van der Waals surface area contributed by atoms with E-state index >= 15 is 0 Å². The van der Waals surface area contributed by atoms with Gasteiger partial charge in [0.25, 0.3) is 0 Å². The molecule has 1 aromatic rings. The molecule has 2 rings (SSSR count). The van der Waals surface area contributed by atoms with Gasteiger partial charge in [-0.25, -0.2) is 0 Å². The Bertz CT molecular complexity index is 353. The first-order valence-corrected chi connectivity index (χ1v) is 7.65. The van der Waals surface area contributed by atoms with Crippen LogP contribution in [0.25, 0.3) is 0 Å². The van der Waals surface area contributed by atoms with Gasteiger partial charge in [0.2, 0.25) is 11.7 Å². The first-order chi connectivity index (χ1) is 8.83. The number of rotatable bonds is 6. The summed E-state index contributed by atoms with van der Waals surface area (Å²) in [5.74, 6) is 3.69. The number of hydrogen-bond donors (Lipinski definition) is 1. The largest absolute Gasteiger partial charge is 0.373 e. The van der Waals surface area contributed by atoms with Crippen LogP contribution in [0.15, 0.2) is 4.52 Å². The van der Waals surface area contributed by atoms with E-state index in [1.165, 1.54) is 5.75 Å². The average molecular weight is 271 g/mol. The summed E-state index contributed by atoms with van der Waals surface area (Å²) in [6.07, 6.45) is 2.74. The fraction of sp³-hybridized carbons (Fsp3) is 0.833. The maximum atomic E-state index is 5.38. The van der Waals surface area contributed by atoms with Crippen LogP contribution in [0.1, 0.15) is 37.6 Å². The normalized spacial score (nSPS) is 22.0. The first kappa shape index (κ1) is 13.8. The van der Waals surface area contributed by atoms with E-state index in [-0.39, 0.29) is 6.10 Å². The fourth-order valence-corrected chi connectivity index (χ4v) is 3.01. The smallest absolute Gasteiger partial charge is 0.228 e. The lowest BCUT2D eigenvalue weighted by atomic mass is 10.2. The molecule has 0 aromatic carbocycles. The lowest BCUT2D eigenvalue weighted by molar-refractivity contribution is 0.0854. The summed E-state index contributed by atoms with van der Waals surface area (Å²) in [4.78, 5) is 4.44. The van der Waals surface area contributed by atoms with Crippen LogP contribution in [0.5, 0.6) is 0 Å². The van der Waals surface area contributed by atoms with Crippen molar-refractivity contribution in [2.75, 3.05) is 25.2 Å². The molecule has 102 valence electrons. The number of thioether (sulfide) groups is 1. The minimum Gasteiger partial charge on any atom is -0.373 e. The van der Waals surface area contributed by atoms with E-state index in [4.69, 9.17) is 9.26 Å². The van der Waals surface area contributed by atoms with Gasteiger partial charge < -0.3 is 14.6 Å². The Kier molecular flexibility index (Phi) is 5.46. The zero-order chi connectivity index (χ0) is 12.8. The molecule has 2 heterocycles. The van der Waals surface area contributed by atoms with Crippen molar-refractivity contribution in [1.29, 1.82) is 0 Å². The van der Waals surface area contributed by atoms with Crippen molar-refractivity contribution >= 4 is 11.8 Å². The minimum absolute atomic E-state index is 0.0406. The van der Waals surface area contributed by atoms with Crippen LogP contribution in [0, 0.1) is 0 Å². The summed E-state index contributed by atoms with van der Waals surface area (Å²) in [6.45, 7) is 3.18. The monoisotopic (exact) mass is 271 g/mol. The van der Waals surface area contributed by atoms with Crippen molar-refractivity contribution in [2.45, 2.75) is 38.3 Å². The average Bonchev–Trinajstić information content (AvgIpc) is 2.85. The quantitative estimate of drug-likeness (QED) is 0.851. The molecule has 0 bridgehead atoms. The third kappa shape index (κ3) is 3.70. The van der Waals surface area contributed by atoms with Gasteiger partial charge in [-0.3, -0.25) is 0 Å². The van der Waals surface area contributed by atoms with E-state index in [0.29, 0.717) is 17.8 Å². The number of hydrogen-bond acceptors (Lipinski definition) is 6. The zero-order valence-corrected chi connectivity index (χ0v) is 11.8. The lowest BCUT2D eigenvalue weighted by Crippen LogP contribution is -2.38. The standard InChI is InChI=1S/C12H21N3O2S/c1-3-4-10(16-2)12-14-11(17-15-12)7-9-8-18-6-5-13-9/h9-10,13H,3-8H2,1-2H3. The van der Waals surface area contributed by atoms with Crippen LogP contribution >= 0.6 is 11.8 Å². The fourth-order valence-electron chi connectivity index (χ4n) is 2.06. The van der Waals surface area contributed by atoms with E-state index in [0.717, 1.165) is 31.6 Å². The number of methoxy groups -OCH3 is 1. The number of nitrogens with one attached hydrogen (secondary N) is 1. The summed E-state index contributed by atoms with van der Waals surface area (Å²) in [5.41, 5.74) is 0. The number of ether oxygens (including phenoxy) is 1. The Morgan fingerprint density at radius 1 is 1.61 bits per heavy atom. The van der Waals surface area contributed by atoms with E-state index in [1.54, 1.807) is 7.11 Å². The highest BCUT2D eigenvalue weighted by Gasteiger charge is 2.20. The molecule has 1 aromatic heterocycles. The summed E-state index contributed by atoms with van der Waals surface area (Å²) < 4.78 is 10.7. The van der Waals surface area contributed by atoms with E-state index in [1.807, 2.05) is 11.8 Å². The molecular weight excluding hydrogens is 250 g/mol. The minimum atomic E-state index is -0.0406. The van der Waals surface area contributed by atoms with Crippen molar-refractivity contribution in [1.82, 2.24) is 15.5 Å². The maximum Gasteiger partial charge on any atom is 0.228 e. The predicted molar refractivity (Wildman–Crippen MR) is 71.8 cm³/mol. The Morgan fingerprint density at radius 2 is 2.50 bits per heavy atom. The zero-order valence-electron chi connectivity index (χ0n) is 11.0. The van der Waals surface area contributed by atoms with Crippen molar-refractivity contribution < 1.29 is 9.26 Å². The topological polar surface area (TPSA) is 60.2 Å². The van der Waals surface area contributed by atoms with Gasteiger partial charge in [0.1, 0.15) is 6.10 Å². The van der Waals surface area contributed by atoms with Crippen molar-refractivity contribution in [3.63, 3.8) is 0 Å². The summed E-state index contributed by atoms with van der Waals surface area (Å²) in [6, 6.07) is 0.448. The van der Waals surface area contributed by atoms with Gasteiger partial charge in [-0.15, -0.1) is 0 Å². The Hall–Kier alpha value is -0.590. The summed E-state index contributed by atoms with van der Waals surface area (Å²) >= 11 is 1.97. The van der Waals surface area contributed by atoms with Crippen molar-refractivity contribution in [3.8, 4) is 0 Å². The van der Waals surface area contributed by atoms with E-state index in [2.05, 4.69) is 22.4 Å². The Labute approximate surface area is 112 Å². The van der Waals surface area contributed by atoms with Gasteiger partial charge in [0, 0.05) is 37.6 Å². The van der Waals surface area contributed by atoms with E-state index in [9.17, 15) is 0 Å². The molecule has 1 fully saturated rings. The molecule has 0 saturated carbocycles. The van der Waals surface area contributed by atoms with Gasteiger partial charge >= 0.3 is 0 Å². The van der Waals surface area contributed by atoms with Crippen molar-refractivity contribution in [3.05, 3.63) is 11.7 Å². The molecule has 1 aliphatic heterocycles. The van der Waals surface area contributed by atoms with Gasteiger partial charge in [0.05, 0.1) is 0 Å². The maximum absolute atomic E-state index is 5.38. The third-order valence-corrected chi connectivity index (χ3v) is 4.16. The van der Waals surface area contributed by atoms with E-state index < -0.39 is 0 Å². The van der Waals surface area contributed by atoms with Gasteiger partial charge in [-0.1, -0.05) is 18.5 Å². The van der Waals surface area contributed by atoms with Crippen molar-refractivity contribution in [2.24, 2.45) is 0 Å². The second kappa shape index (κ2) is 7.11. The molecule has 2 unspecified atom stereocenters. The molecule has 1 saturated heterocycles. The number of nitrogens with zero attached hydrogens (tertiary/aromatic N) is 2. The van der Waals surface area contributed by atoms with Crippen LogP contribution in [0.4, 0.5) is 0 Å². The number of aromatic nitrogens is 2. The van der Waals surface area contributed by atoms with Gasteiger partial charge in [-0.2, -0.15) is 16.7 Å². The highest BCUT2D eigenvalue weighted by atomic mass is 32.2. The molecule has 18 heavy (non-hydrogen) atoms. The predicted octanol–water partition coefficient (Wildman–Crippen LogP) is 1.80. The molecule has 1 aliphatic rings. The van der Waals surface area contributed by atoms with Crippen LogP contribution in [-0.4, -0.2) is 41.3 Å². The van der Waals surface area contributed by atoms with Gasteiger partial charge in [0.15, 0.2) is 0 Å². The van der Waals surface area contributed by atoms with Crippen LogP contribution in [0.2, 0.25) is 0 Å². The molecule has 0 spiro atoms. The highest BCUT2D eigenvalue weighted by molar-refractivity contribution is 7.99. The second-order valence-electron chi connectivity index (χ2n) is 4.49. The Balaban J connectivity index is 1.92. The third-order valence-electron chi connectivity index (χ3n) is 3.03. The summed E-state index contributed by atoms with van der Waals surface area (Å²) in [5, 5.41) is 7.49.